The number of nitrogens with two attached hydrogens (primary N) is 2. The molecule has 0 fully saturated rings. The number of allylic oxidation sites excluding steroid dienone is 3. The van der Waals surface area contributed by atoms with E-state index in [9.17, 15) is 0 Å². The van der Waals surface area contributed by atoms with Gasteiger partial charge in [0.25, 0.3) is 0 Å². The number of nitrogens with zero attached hydrogens (tertiary/aromatic N) is 1. The van der Waals surface area contributed by atoms with E-state index >= 15 is 0 Å². The van der Waals surface area contributed by atoms with Crippen molar-refractivity contribution in [2.75, 3.05) is 0 Å². The fourth-order valence-electron chi connectivity index (χ4n) is 1.06. The summed E-state index contributed by atoms with van der Waals surface area (Å²) in [4.78, 5) is 4.19. The normalized spacial score (nSPS) is 26.6. The summed E-state index contributed by atoms with van der Waals surface area (Å²) in [7, 11) is 0. The van der Waals surface area contributed by atoms with Crippen LogP contribution < -0.4 is 11.5 Å². The highest BCUT2D eigenvalue weighted by Gasteiger charge is 2.10. The number of rotatable bonds is 1. The summed E-state index contributed by atoms with van der Waals surface area (Å²) in [6, 6.07) is 0.131. The molecule has 0 aromatic heterocycles. The molecule has 1 atom stereocenters. The van der Waals surface area contributed by atoms with Gasteiger partial charge in [-0.05, 0) is 30.8 Å². The molecule has 0 aromatic rings. The molecule has 1 heterocycles. The summed E-state index contributed by atoms with van der Waals surface area (Å²) < 4.78 is 0. The van der Waals surface area contributed by atoms with Gasteiger partial charge in [0.1, 0.15) is 0 Å². The Morgan fingerprint density at radius 2 is 2.33 bits per heavy atom. The van der Waals surface area contributed by atoms with Gasteiger partial charge >= 0.3 is 0 Å². The molecule has 0 saturated carbocycles. The van der Waals surface area contributed by atoms with Crippen LogP contribution in [0.4, 0.5) is 0 Å². The van der Waals surface area contributed by atoms with Gasteiger partial charge in [-0.25, -0.2) is 0 Å². The second-order valence-corrected chi connectivity index (χ2v) is 2.60. The number of dihydropyridines is 1. The molecular formula is C9H13N3. The molecule has 0 aliphatic carbocycles. The van der Waals surface area contributed by atoms with Gasteiger partial charge in [-0.2, -0.15) is 0 Å². The van der Waals surface area contributed by atoms with Gasteiger partial charge in [0, 0.05) is 11.9 Å². The predicted molar refractivity (Wildman–Crippen MR) is 51.6 cm³/mol. The average Bonchev–Trinajstić information content (AvgIpc) is 2.04. The zero-order valence-corrected chi connectivity index (χ0v) is 7.07. The maximum atomic E-state index is 5.74. The monoisotopic (exact) mass is 163 g/mol. The minimum Gasteiger partial charge on any atom is -0.405 e. The minimum atomic E-state index is 0.131. The summed E-state index contributed by atoms with van der Waals surface area (Å²) in [5, 5.41) is 0. The van der Waals surface area contributed by atoms with E-state index in [1.54, 1.807) is 18.4 Å². The van der Waals surface area contributed by atoms with Crippen molar-refractivity contribution in [3.8, 4) is 0 Å². The van der Waals surface area contributed by atoms with E-state index in [4.69, 9.17) is 11.5 Å². The highest BCUT2D eigenvalue weighted by atomic mass is 14.8. The maximum Gasteiger partial charge on any atom is 0.0740 e. The van der Waals surface area contributed by atoms with Crippen LogP contribution in [0.15, 0.2) is 40.7 Å². The third-order valence-corrected chi connectivity index (χ3v) is 1.73. The van der Waals surface area contributed by atoms with Gasteiger partial charge in [0.15, 0.2) is 0 Å². The molecule has 0 amide bonds. The Morgan fingerprint density at radius 1 is 1.58 bits per heavy atom. The summed E-state index contributed by atoms with van der Waals surface area (Å²) in [5.41, 5.74) is 12.7. The zero-order valence-electron chi connectivity index (χ0n) is 7.07. The second kappa shape index (κ2) is 3.76. The molecule has 1 unspecified atom stereocenters. The summed E-state index contributed by atoms with van der Waals surface area (Å²) in [5.74, 6) is 0. The van der Waals surface area contributed by atoms with Crippen LogP contribution in [0, 0.1) is 0 Å². The molecule has 0 aromatic carbocycles. The van der Waals surface area contributed by atoms with E-state index < -0.39 is 0 Å². The molecule has 64 valence electrons. The van der Waals surface area contributed by atoms with Crippen LogP contribution in [0.25, 0.3) is 0 Å². The van der Waals surface area contributed by atoms with Crippen LogP contribution in [0.3, 0.4) is 0 Å². The van der Waals surface area contributed by atoms with Crippen molar-refractivity contribution in [2.24, 2.45) is 16.5 Å². The Morgan fingerprint density at radius 3 is 2.92 bits per heavy atom. The van der Waals surface area contributed by atoms with Crippen molar-refractivity contribution in [1.82, 2.24) is 0 Å². The molecule has 0 spiro atoms. The van der Waals surface area contributed by atoms with Crippen molar-refractivity contribution < 1.29 is 0 Å². The third-order valence-electron chi connectivity index (χ3n) is 1.73. The first kappa shape index (κ1) is 8.59. The summed E-state index contributed by atoms with van der Waals surface area (Å²) in [6.45, 7) is 1.99. The fourth-order valence-corrected chi connectivity index (χ4v) is 1.06. The van der Waals surface area contributed by atoms with Crippen LogP contribution in [0.5, 0.6) is 0 Å². The van der Waals surface area contributed by atoms with Crippen LogP contribution in [0.2, 0.25) is 0 Å². The molecule has 3 heteroatoms. The quantitative estimate of drug-likeness (QED) is 0.597. The van der Waals surface area contributed by atoms with Crippen molar-refractivity contribution in [3.63, 3.8) is 0 Å². The number of hydrogen-bond acceptors (Lipinski definition) is 3. The first-order valence-corrected chi connectivity index (χ1v) is 3.83. The van der Waals surface area contributed by atoms with Crippen LogP contribution in [-0.2, 0) is 0 Å². The molecule has 0 bridgehead atoms. The minimum absolute atomic E-state index is 0.131. The Kier molecular flexibility index (Phi) is 2.69. The van der Waals surface area contributed by atoms with Gasteiger partial charge < -0.3 is 11.5 Å². The van der Waals surface area contributed by atoms with Crippen molar-refractivity contribution >= 4 is 6.21 Å². The van der Waals surface area contributed by atoms with Gasteiger partial charge in [-0.15, -0.1) is 0 Å². The highest BCUT2D eigenvalue weighted by Crippen LogP contribution is 2.15. The molecule has 1 aliphatic heterocycles. The smallest absolute Gasteiger partial charge is 0.0740 e. The van der Waals surface area contributed by atoms with Crippen LogP contribution in [-0.4, -0.2) is 12.3 Å². The Labute approximate surface area is 72.2 Å². The lowest BCUT2D eigenvalue weighted by Crippen LogP contribution is -2.15. The van der Waals surface area contributed by atoms with Crippen molar-refractivity contribution in [2.45, 2.75) is 13.0 Å². The Bertz CT molecular complexity index is 271. The third kappa shape index (κ3) is 1.75. The van der Waals surface area contributed by atoms with Crippen molar-refractivity contribution in [1.29, 1.82) is 0 Å². The average molecular weight is 163 g/mol. The van der Waals surface area contributed by atoms with Gasteiger partial charge in [-0.3, -0.25) is 4.99 Å². The van der Waals surface area contributed by atoms with Gasteiger partial charge in [0.05, 0.1) is 6.04 Å². The molecule has 0 radical (unpaired) electrons. The SMILES string of the molecule is CC1N=CC=C(N)/C1=C/C=C\N. The van der Waals surface area contributed by atoms with E-state index in [2.05, 4.69) is 4.99 Å². The maximum absolute atomic E-state index is 5.74. The van der Waals surface area contributed by atoms with Gasteiger partial charge in [0.2, 0.25) is 0 Å². The number of hydrogen-bond donors (Lipinski definition) is 2. The van der Waals surface area contributed by atoms with Crippen LogP contribution in [0.1, 0.15) is 6.92 Å². The van der Waals surface area contributed by atoms with E-state index in [0.717, 1.165) is 11.3 Å². The molecule has 1 rings (SSSR count). The van der Waals surface area contributed by atoms with Gasteiger partial charge in [-0.1, -0.05) is 6.08 Å². The van der Waals surface area contributed by atoms with Crippen LogP contribution >= 0.6 is 0 Å². The molecule has 1 aliphatic rings. The number of aliphatic imine (C=N–C) groups is 1. The van der Waals surface area contributed by atoms with E-state index in [-0.39, 0.29) is 6.04 Å². The lowest BCUT2D eigenvalue weighted by molar-refractivity contribution is 0.862. The summed E-state index contributed by atoms with van der Waals surface area (Å²) >= 11 is 0. The Hall–Kier alpha value is -1.51. The first-order chi connectivity index (χ1) is 5.75. The van der Waals surface area contributed by atoms with E-state index in [1.807, 2.05) is 13.0 Å². The standard InChI is InChI=1S/C9H13N3/c1-7-8(3-2-5-10)9(11)4-6-12-7/h2-7H,10-11H2,1H3/b5-2-,8-3+. The molecule has 3 nitrogen and oxygen atoms in total. The van der Waals surface area contributed by atoms with E-state index in [0.29, 0.717) is 0 Å². The highest BCUT2D eigenvalue weighted by molar-refractivity contribution is 5.76. The fraction of sp³-hybridized carbons (Fsp3) is 0.222. The largest absolute Gasteiger partial charge is 0.405 e. The molecular weight excluding hydrogens is 150 g/mol. The second-order valence-electron chi connectivity index (χ2n) is 2.60. The Balaban J connectivity index is 2.89. The topological polar surface area (TPSA) is 64.4 Å². The predicted octanol–water partition coefficient (Wildman–Crippen LogP) is 0.701. The van der Waals surface area contributed by atoms with Crippen molar-refractivity contribution in [3.05, 3.63) is 35.7 Å². The molecule has 4 N–H and O–H groups in total. The molecule has 12 heavy (non-hydrogen) atoms. The van der Waals surface area contributed by atoms with E-state index in [1.165, 1.54) is 6.20 Å². The summed E-state index contributed by atoms with van der Waals surface area (Å²) in [6.07, 6.45) is 8.63. The lowest BCUT2D eigenvalue weighted by atomic mass is 10.0. The first-order valence-electron chi connectivity index (χ1n) is 3.83. The lowest BCUT2D eigenvalue weighted by Gasteiger charge is -2.14. The molecule has 0 saturated heterocycles. The zero-order chi connectivity index (χ0) is 8.97.